The van der Waals surface area contributed by atoms with Crippen LogP contribution in [-0.4, -0.2) is 13.7 Å². The van der Waals surface area contributed by atoms with Crippen LogP contribution >= 0.6 is 0 Å². The van der Waals surface area contributed by atoms with Gasteiger partial charge in [-0.2, -0.15) is 0 Å². The standard InChI is InChI=1S/C18H19NO/c1-15-10-11-18(17(13-15)14-19-2)20-12-6-9-16-7-4-3-5-8-16/h3-5,7-8,10-11,13,19H,12,14H2,1-2H3. The topological polar surface area (TPSA) is 21.3 Å². The summed E-state index contributed by atoms with van der Waals surface area (Å²) in [5, 5.41) is 3.15. The molecular formula is C18H19NO. The normalized spacial score (nSPS) is 9.70. The summed E-state index contributed by atoms with van der Waals surface area (Å²) >= 11 is 0. The molecule has 0 aromatic heterocycles. The van der Waals surface area contributed by atoms with E-state index in [1.165, 1.54) is 5.56 Å². The molecule has 0 saturated carbocycles. The number of rotatable bonds is 4. The van der Waals surface area contributed by atoms with E-state index in [1.54, 1.807) is 0 Å². The molecule has 0 aliphatic heterocycles. The van der Waals surface area contributed by atoms with Crippen molar-refractivity contribution in [2.24, 2.45) is 0 Å². The average molecular weight is 265 g/mol. The SMILES string of the molecule is CNCc1cc(C)ccc1OCC#Cc1ccccc1. The third-order valence-electron chi connectivity index (χ3n) is 2.89. The monoisotopic (exact) mass is 265 g/mol. The quantitative estimate of drug-likeness (QED) is 0.858. The van der Waals surface area contributed by atoms with Crippen LogP contribution in [0.2, 0.25) is 0 Å². The second-order valence-corrected chi connectivity index (χ2v) is 4.60. The minimum Gasteiger partial charge on any atom is -0.481 e. The summed E-state index contributed by atoms with van der Waals surface area (Å²) in [6.45, 7) is 3.27. The Bertz CT molecular complexity index is 608. The van der Waals surface area contributed by atoms with E-state index < -0.39 is 0 Å². The van der Waals surface area contributed by atoms with Crippen molar-refractivity contribution < 1.29 is 4.74 Å². The van der Waals surface area contributed by atoms with Gasteiger partial charge in [-0.15, -0.1) is 0 Å². The Morgan fingerprint density at radius 2 is 1.90 bits per heavy atom. The molecule has 20 heavy (non-hydrogen) atoms. The van der Waals surface area contributed by atoms with Gasteiger partial charge in [-0.25, -0.2) is 0 Å². The van der Waals surface area contributed by atoms with Crippen LogP contribution in [0, 0.1) is 18.8 Å². The molecule has 0 fully saturated rings. The van der Waals surface area contributed by atoms with E-state index in [0.717, 1.165) is 23.4 Å². The van der Waals surface area contributed by atoms with Crippen LogP contribution in [-0.2, 0) is 6.54 Å². The van der Waals surface area contributed by atoms with Gasteiger partial charge in [0.1, 0.15) is 12.4 Å². The predicted molar refractivity (Wildman–Crippen MR) is 82.8 cm³/mol. The molecule has 2 heteroatoms. The Morgan fingerprint density at radius 1 is 1.10 bits per heavy atom. The second kappa shape index (κ2) is 7.37. The fourth-order valence-corrected chi connectivity index (χ4v) is 1.95. The molecule has 0 atom stereocenters. The van der Waals surface area contributed by atoms with Crippen LogP contribution in [0.15, 0.2) is 48.5 Å². The molecule has 2 nitrogen and oxygen atoms in total. The molecule has 2 aromatic rings. The summed E-state index contributed by atoms with van der Waals surface area (Å²) in [6, 6.07) is 16.1. The van der Waals surface area contributed by atoms with E-state index in [9.17, 15) is 0 Å². The van der Waals surface area contributed by atoms with Gasteiger partial charge in [0.2, 0.25) is 0 Å². The van der Waals surface area contributed by atoms with Crippen molar-refractivity contribution in [3.05, 3.63) is 65.2 Å². The van der Waals surface area contributed by atoms with Crippen molar-refractivity contribution in [2.45, 2.75) is 13.5 Å². The number of aryl methyl sites for hydroxylation is 1. The summed E-state index contributed by atoms with van der Waals surface area (Å²) < 4.78 is 5.75. The number of hydrogen-bond donors (Lipinski definition) is 1. The highest BCUT2D eigenvalue weighted by atomic mass is 16.5. The van der Waals surface area contributed by atoms with Crippen LogP contribution < -0.4 is 10.1 Å². The number of hydrogen-bond acceptors (Lipinski definition) is 2. The van der Waals surface area contributed by atoms with E-state index >= 15 is 0 Å². The number of nitrogens with one attached hydrogen (secondary N) is 1. The maximum absolute atomic E-state index is 5.75. The molecule has 0 spiro atoms. The third kappa shape index (κ3) is 4.15. The van der Waals surface area contributed by atoms with Gasteiger partial charge in [0.25, 0.3) is 0 Å². The van der Waals surface area contributed by atoms with Crippen molar-refractivity contribution in [3.8, 4) is 17.6 Å². The Hall–Kier alpha value is -2.24. The van der Waals surface area contributed by atoms with Crippen molar-refractivity contribution in [2.75, 3.05) is 13.7 Å². The first-order chi connectivity index (χ1) is 9.79. The second-order valence-electron chi connectivity index (χ2n) is 4.60. The Balaban J connectivity index is 1.99. The van der Waals surface area contributed by atoms with E-state index in [0.29, 0.717) is 6.61 Å². The maximum Gasteiger partial charge on any atom is 0.149 e. The van der Waals surface area contributed by atoms with Gasteiger partial charge in [0.05, 0.1) is 0 Å². The maximum atomic E-state index is 5.75. The molecule has 2 rings (SSSR count). The molecule has 0 aliphatic carbocycles. The van der Waals surface area contributed by atoms with Gasteiger partial charge in [0.15, 0.2) is 0 Å². The van der Waals surface area contributed by atoms with Gasteiger partial charge >= 0.3 is 0 Å². The Labute approximate surface area is 120 Å². The highest BCUT2D eigenvalue weighted by molar-refractivity contribution is 5.38. The molecule has 2 aromatic carbocycles. The lowest BCUT2D eigenvalue weighted by Gasteiger charge is -2.10. The largest absolute Gasteiger partial charge is 0.481 e. The minimum atomic E-state index is 0.397. The molecule has 0 radical (unpaired) electrons. The smallest absolute Gasteiger partial charge is 0.149 e. The summed E-state index contributed by atoms with van der Waals surface area (Å²) in [6.07, 6.45) is 0. The van der Waals surface area contributed by atoms with E-state index in [1.807, 2.05) is 43.4 Å². The molecule has 0 bridgehead atoms. The zero-order chi connectivity index (χ0) is 14.2. The lowest BCUT2D eigenvalue weighted by Crippen LogP contribution is -2.08. The summed E-state index contributed by atoms with van der Waals surface area (Å²) in [7, 11) is 1.93. The molecule has 0 amide bonds. The first-order valence-electron chi connectivity index (χ1n) is 6.70. The zero-order valence-electron chi connectivity index (χ0n) is 11.9. The summed E-state index contributed by atoms with van der Waals surface area (Å²) in [4.78, 5) is 0. The Morgan fingerprint density at radius 3 is 2.65 bits per heavy atom. The van der Waals surface area contributed by atoms with Crippen molar-refractivity contribution in [1.82, 2.24) is 5.32 Å². The van der Waals surface area contributed by atoms with Gasteiger partial charge in [-0.1, -0.05) is 47.7 Å². The molecule has 0 aliphatic rings. The van der Waals surface area contributed by atoms with E-state index in [4.69, 9.17) is 4.74 Å². The van der Waals surface area contributed by atoms with Gasteiger partial charge in [-0.3, -0.25) is 0 Å². The van der Waals surface area contributed by atoms with Crippen molar-refractivity contribution in [3.63, 3.8) is 0 Å². The molecule has 0 saturated heterocycles. The molecule has 0 heterocycles. The average Bonchev–Trinajstić information content (AvgIpc) is 2.47. The number of ether oxygens (including phenoxy) is 1. The summed E-state index contributed by atoms with van der Waals surface area (Å²) in [5.41, 5.74) is 3.41. The van der Waals surface area contributed by atoms with Gasteiger partial charge in [-0.05, 0) is 32.2 Å². The highest BCUT2D eigenvalue weighted by Crippen LogP contribution is 2.19. The van der Waals surface area contributed by atoms with E-state index in [-0.39, 0.29) is 0 Å². The van der Waals surface area contributed by atoms with Crippen molar-refractivity contribution in [1.29, 1.82) is 0 Å². The van der Waals surface area contributed by atoms with Gasteiger partial charge < -0.3 is 10.1 Å². The zero-order valence-corrected chi connectivity index (χ0v) is 11.9. The summed E-state index contributed by atoms with van der Waals surface area (Å²) in [5.74, 6) is 7.02. The highest BCUT2D eigenvalue weighted by Gasteiger charge is 2.02. The van der Waals surface area contributed by atoms with Crippen LogP contribution in [0.25, 0.3) is 0 Å². The lowest BCUT2D eigenvalue weighted by atomic mass is 10.1. The first-order valence-corrected chi connectivity index (χ1v) is 6.70. The van der Waals surface area contributed by atoms with Gasteiger partial charge in [0, 0.05) is 17.7 Å². The van der Waals surface area contributed by atoms with Crippen LogP contribution in [0.4, 0.5) is 0 Å². The van der Waals surface area contributed by atoms with Crippen LogP contribution in [0.3, 0.4) is 0 Å². The Kier molecular flexibility index (Phi) is 5.23. The minimum absolute atomic E-state index is 0.397. The van der Waals surface area contributed by atoms with E-state index in [2.05, 4.69) is 36.2 Å². The molecule has 0 unspecified atom stereocenters. The van der Waals surface area contributed by atoms with Crippen LogP contribution in [0.1, 0.15) is 16.7 Å². The number of benzene rings is 2. The molecule has 102 valence electrons. The molecule has 1 N–H and O–H groups in total. The van der Waals surface area contributed by atoms with Crippen molar-refractivity contribution >= 4 is 0 Å². The van der Waals surface area contributed by atoms with Crippen LogP contribution in [0.5, 0.6) is 5.75 Å². The predicted octanol–water partition coefficient (Wildman–Crippen LogP) is 3.14. The first kappa shape index (κ1) is 14.2. The fourth-order valence-electron chi connectivity index (χ4n) is 1.95. The lowest BCUT2D eigenvalue weighted by molar-refractivity contribution is 0.365. The third-order valence-corrected chi connectivity index (χ3v) is 2.89. The molecular weight excluding hydrogens is 246 g/mol. The fraction of sp³-hybridized carbons (Fsp3) is 0.222.